The van der Waals surface area contributed by atoms with Gasteiger partial charge in [0.25, 0.3) is 0 Å². The molecule has 0 saturated carbocycles. The van der Waals surface area contributed by atoms with Gasteiger partial charge >= 0.3 is 0 Å². The van der Waals surface area contributed by atoms with Crippen molar-refractivity contribution < 1.29 is 8.78 Å². The molecule has 1 aromatic carbocycles. The third-order valence-electron chi connectivity index (χ3n) is 3.28. The minimum absolute atomic E-state index is 0.215. The predicted octanol–water partition coefficient (Wildman–Crippen LogP) is 4.41. The summed E-state index contributed by atoms with van der Waals surface area (Å²) in [6.45, 7) is 4.17. The van der Waals surface area contributed by atoms with Crippen LogP contribution in [0.2, 0.25) is 5.02 Å². The van der Waals surface area contributed by atoms with Crippen molar-refractivity contribution in [1.29, 1.82) is 0 Å². The van der Waals surface area contributed by atoms with Crippen LogP contribution >= 0.6 is 11.6 Å². The molecule has 5 heteroatoms. The topological polar surface area (TPSA) is 24.9 Å². The van der Waals surface area contributed by atoms with Crippen LogP contribution in [0.3, 0.4) is 0 Å². The van der Waals surface area contributed by atoms with Crippen molar-refractivity contribution in [2.45, 2.75) is 26.3 Å². The number of aromatic nitrogens is 1. The highest BCUT2D eigenvalue weighted by Gasteiger charge is 2.23. The highest BCUT2D eigenvalue weighted by molar-refractivity contribution is 6.31. The molecule has 1 heterocycles. The predicted molar refractivity (Wildman–Crippen MR) is 80.5 cm³/mol. The summed E-state index contributed by atoms with van der Waals surface area (Å²) in [5, 5.41) is 3.60. The van der Waals surface area contributed by atoms with Gasteiger partial charge in [0.1, 0.15) is 0 Å². The van der Waals surface area contributed by atoms with E-state index in [1.54, 1.807) is 30.5 Å². The summed E-state index contributed by atoms with van der Waals surface area (Å²) in [4.78, 5) is 4.22. The average molecular weight is 311 g/mol. The van der Waals surface area contributed by atoms with E-state index in [2.05, 4.69) is 10.3 Å². The zero-order valence-electron chi connectivity index (χ0n) is 12.0. The number of pyridine rings is 1. The van der Waals surface area contributed by atoms with Crippen LogP contribution in [0.4, 0.5) is 8.78 Å². The summed E-state index contributed by atoms with van der Waals surface area (Å²) in [5.74, 6) is -1.69. The van der Waals surface area contributed by atoms with Gasteiger partial charge in [-0.15, -0.1) is 0 Å². The zero-order valence-corrected chi connectivity index (χ0v) is 12.7. The third kappa shape index (κ3) is 3.39. The van der Waals surface area contributed by atoms with Crippen LogP contribution < -0.4 is 5.32 Å². The normalized spacial score (nSPS) is 12.4. The number of hydrogen-bond donors (Lipinski definition) is 1. The molecule has 2 nitrogen and oxygen atoms in total. The molecule has 0 spiro atoms. The van der Waals surface area contributed by atoms with Crippen LogP contribution in [0.25, 0.3) is 0 Å². The number of hydrogen-bond acceptors (Lipinski definition) is 2. The molecule has 1 unspecified atom stereocenters. The Labute approximate surface area is 128 Å². The van der Waals surface area contributed by atoms with Crippen LogP contribution in [0.1, 0.15) is 36.2 Å². The van der Waals surface area contributed by atoms with E-state index in [1.807, 2.05) is 6.92 Å². The molecule has 0 aliphatic heterocycles. The van der Waals surface area contributed by atoms with E-state index >= 15 is 0 Å². The van der Waals surface area contributed by atoms with E-state index < -0.39 is 17.7 Å². The lowest BCUT2D eigenvalue weighted by Gasteiger charge is -2.20. The molecule has 0 radical (unpaired) electrons. The Morgan fingerprint density at radius 1 is 1.24 bits per heavy atom. The summed E-state index contributed by atoms with van der Waals surface area (Å²) in [7, 11) is 0. The maximum absolute atomic E-state index is 14.3. The van der Waals surface area contributed by atoms with Gasteiger partial charge in [-0.1, -0.05) is 30.7 Å². The molecular formula is C16H17ClF2N2. The number of rotatable bonds is 5. The van der Waals surface area contributed by atoms with Crippen LogP contribution in [-0.2, 0) is 0 Å². The fourth-order valence-electron chi connectivity index (χ4n) is 2.14. The summed E-state index contributed by atoms with van der Waals surface area (Å²) in [6, 6.07) is 5.95. The van der Waals surface area contributed by atoms with Gasteiger partial charge < -0.3 is 5.32 Å². The van der Waals surface area contributed by atoms with E-state index in [-0.39, 0.29) is 11.1 Å². The highest BCUT2D eigenvalue weighted by Crippen LogP contribution is 2.29. The molecule has 1 atom stereocenters. The molecular weight excluding hydrogens is 294 g/mol. The summed E-state index contributed by atoms with van der Waals surface area (Å²) in [6.07, 6.45) is 2.45. The quantitative estimate of drug-likeness (QED) is 0.885. The molecule has 0 bridgehead atoms. The van der Waals surface area contributed by atoms with E-state index in [9.17, 15) is 8.78 Å². The first-order valence-electron chi connectivity index (χ1n) is 6.84. The van der Waals surface area contributed by atoms with Crippen molar-refractivity contribution in [3.05, 3.63) is 63.9 Å². The van der Waals surface area contributed by atoms with Gasteiger partial charge in [0.15, 0.2) is 11.6 Å². The Morgan fingerprint density at radius 3 is 2.67 bits per heavy atom. The van der Waals surface area contributed by atoms with Crippen molar-refractivity contribution in [2.24, 2.45) is 0 Å². The molecule has 0 fully saturated rings. The highest BCUT2D eigenvalue weighted by atomic mass is 35.5. The number of benzene rings is 1. The molecule has 2 aromatic rings. The molecule has 2 rings (SSSR count). The average Bonchev–Trinajstić information content (AvgIpc) is 2.48. The maximum atomic E-state index is 14.3. The second-order valence-corrected chi connectivity index (χ2v) is 5.26. The Morgan fingerprint density at radius 2 is 2.00 bits per heavy atom. The fraction of sp³-hybridized carbons (Fsp3) is 0.312. The number of aryl methyl sites for hydroxylation is 1. The van der Waals surface area contributed by atoms with Crippen molar-refractivity contribution in [1.82, 2.24) is 10.3 Å². The SMILES string of the molecule is CCCNC(c1ccc(C)c(F)c1F)c1ncccc1Cl. The first-order valence-corrected chi connectivity index (χ1v) is 7.22. The molecule has 112 valence electrons. The van der Waals surface area contributed by atoms with Crippen LogP contribution in [0, 0.1) is 18.6 Å². The minimum Gasteiger partial charge on any atom is -0.305 e. The molecule has 0 amide bonds. The van der Waals surface area contributed by atoms with Crippen molar-refractivity contribution in [3.8, 4) is 0 Å². The first-order chi connectivity index (χ1) is 10.1. The monoisotopic (exact) mass is 310 g/mol. The number of halogens is 3. The second kappa shape index (κ2) is 6.96. The van der Waals surface area contributed by atoms with E-state index in [1.165, 1.54) is 6.92 Å². The van der Waals surface area contributed by atoms with E-state index in [4.69, 9.17) is 11.6 Å². The smallest absolute Gasteiger partial charge is 0.164 e. The van der Waals surface area contributed by atoms with Crippen LogP contribution in [-0.4, -0.2) is 11.5 Å². The minimum atomic E-state index is -0.856. The van der Waals surface area contributed by atoms with Crippen molar-refractivity contribution in [2.75, 3.05) is 6.54 Å². The molecule has 1 aromatic heterocycles. The Bertz CT molecular complexity index is 632. The summed E-state index contributed by atoms with van der Waals surface area (Å²) < 4.78 is 28.1. The fourth-order valence-corrected chi connectivity index (χ4v) is 2.37. The molecule has 1 N–H and O–H groups in total. The van der Waals surface area contributed by atoms with Crippen molar-refractivity contribution >= 4 is 11.6 Å². The lowest BCUT2D eigenvalue weighted by molar-refractivity contribution is 0.474. The lowest BCUT2D eigenvalue weighted by atomic mass is 10.00. The van der Waals surface area contributed by atoms with E-state index in [0.29, 0.717) is 17.3 Å². The van der Waals surface area contributed by atoms with Crippen LogP contribution in [0.5, 0.6) is 0 Å². The molecule has 0 aliphatic carbocycles. The van der Waals surface area contributed by atoms with Gasteiger partial charge in [0.2, 0.25) is 0 Å². The van der Waals surface area contributed by atoms with Gasteiger partial charge in [0.05, 0.1) is 16.8 Å². The van der Waals surface area contributed by atoms with Gasteiger partial charge in [-0.25, -0.2) is 8.78 Å². The van der Waals surface area contributed by atoms with Crippen LogP contribution in [0.15, 0.2) is 30.5 Å². The molecule has 0 aliphatic rings. The lowest BCUT2D eigenvalue weighted by Crippen LogP contribution is -2.25. The Kier molecular flexibility index (Phi) is 5.26. The van der Waals surface area contributed by atoms with Gasteiger partial charge in [-0.3, -0.25) is 4.98 Å². The van der Waals surface area contributed by atoms with Gasteiger partial charge in [0, 0.05) is 11.8 Å². The van der Waals surface area contributed by atoms with Gasteiger partial charge in [-0.05, 0) is 37.6 Å². The third-order valence-corrected chi connectivity index (χ3v) is 3.59. The molecule has 21 heavy (non-hydrogen) atoms. The first kappa shape index (κ1) is 15.9. The van der Waals surface area contributed by atoms with Crippen molar-refractivity contribution in [3.63, 3.8) is 0 Å². The summed E-state index contributed by atoms with van der Waals surface area (Å²) in [5.41, 5.74) is 0.986. The number of nitrogens with zero attached hydrogens (tertiary/aromatic N) is 1. The standard InChI is InChI=1S/C16H17ClF2N2/c1-3-8-20-15(16-12(17)5-4-9-21-16)11-7-6-10(2)13(18)14(11)19/h4-7,9,15,20H,3,8H2,1-2H3. The largest absolute Gasteiger partial charge is 0.305 e. The van der Waals surface area contributed by atoms with E-state index in [0.717, 1.165) is 6.42 Å². The maximum Gasteiger partial charge on any atom is 0.164 e. The second-order valence-electron chi connectivity index (χ2n) is 4.86. The van der Waals surface area contributed by atoms with Gasteiger partial charge in [-0.2, -0.15) is 0 Å². The number of nitrogens with one attached hydrogen (secondary N) is 1. The summed E-state index contributed by atoms with van der Waals surface area (Å²) >= 11 is 6.15. The Balaban J connectivity index is 2.51. The zero-order chi connectivity index (χ0) is 15.4. The Hall–Kier alpha value is -1.52. The molecule has 0 saturated heterocycles.